The fourth-order valence-electron chi connectivity index (χ4n) is 1.23. The van der Waals surface area contributed by atoms with Crippen LogP contribution >= 0.6 is 0 Å². The molecule has 16 heavy (non-hydrogen) atoms. The van der Waals surface area contributed by atoms with Crippen molar-refractivity contribution in [1.82, 2.24) is 0 Å². The number of hydrogen-bond acceptors (Lipinski definition) is 5. The number of aliphatic hydroxyl groups is 1. The van der Waals surface area contributed by atoms with Crippen molar-refractivity contribution in [2.75, 3.05) is 6.61 Å². The third-order valence-electron chi connectivity index (χ3n) is 2.03. The van der Waals surface area contributed by atoms with Gasteiger partial charge in [-0.2, -0.15) is 8.78 Å². The van der Waals surface area contributed by atoms with Gasteiger partial charge in [0, 0.05) is 0 Å². The first-order chi connectivity index (χ1) is 6.67. The smallest absolute Gasteiger partial charge is 0.544 e. The molecule has 0 saturated carbocycles. The summed E-state index contributed by atoms with van der Waals surface area (Å²) in [5.74, 6) is -8.09. The maximum absolute atomic E-state index is 12.8. The van der Waals surface area contributed by atoms with Crippen molar-refractivity contribution in [2.45, 2.75) is 37.8 Å². The number of aliphatic carboxylic acids is 1. The van der Waals surface area contributed by atoms with Crippen molar-refractivity contribution in [3.8, 4) is 0 Å². The SMILES string of the molecule is CC1(C)OCC(C(O)C(F)(F)C(=O)[O-])O1.[Na+]. The zero-order valence-corrected chi connectivity index (χ0v) is 11.2. The number of ether oxygens (including phenoxy) is 2. The van der Waals surface area contributed by atoms with Crippen LogP contribution in [0.4, 0.5) is 8.78 Å². The second kappa shape index (κ2) is 5.24. The molecule has 0 aliphatic carbocycles. The van der Waals surface area contributed by atoms with Gasteiger partial charge < -0.3 is 24.5 Å². The van der Waals surface area contributed by atoms with E-state index in [0.29, 0.717) is 0 Å². The van der Waals surface area contributed by atoms with E-state index >= 15 is 0 Å². The van der Waals surface area contributed by atoms with Gasteiger partial charge in [-0.1, -0.05) is 0 Å². The van der Waals surface area contributed by atoms with Gasteiger partial charge in [-0.05, 0) is 13.8 Å². The van der Waals surface area contributed by atoms with Gasteiger partial charge in [-0.25, -0.2) is 0 Å². The molecule has 0 radical (unpaired) electrons. The summed E-state index contributed by atoms with van der Waals surface area (Å²) in [5.41, 5.74) is 0. The molecular weight excluding hydrogens is 237 g/mol. The van der Waals surface area contributed by atoms with Crippen LogP contribution in [0.3, 0.4) is 0 Å². The van der Waals surface area contributed by atoms with E-state index in [4.69, 9.17) is 14.6 Å². The maximum atomic E-state index is 12.8. The van der Waals surface area contributed by atoms with Crippen LogP contribution in [0.15, 0.2) is 0 Å². The molecule has 1 fully saturated rings. The average Bonchev–Trinajstić information content (AvgIpc) is 2.44. The molecule has 0 spiro atoms. The van der Waals surface area contributed by atoms with Gasteiger partial charge in [0.25, 0.3) is 0 Å². The summed E-state index contributed by atoms with van der Waals surface area (Å²) in [4.78, 5) is 10.1. The summed E-state index contributed by atoms with van der Waals surface area (Å²) in [7, 11) is 0. The van der Waals surface area contributed by atoms with Crippen LogP contribution in [0.5, 0.6) is 0 Å². The molecule has 1 rings (SSSR count). The zero-order chi connectivity index (χ0) is 11.9. The van der Waals surface area contributed by atoms with E-state index in [2.05, 4.69) is 0 Å². The van der Waals surface area contributed by atoms with E-state index in [-0.39, 0.29) is 36.2 Å². The summed E-state index contributed by atoms with van der Waals surface area (Å²) in [6, 6.07) is 0. The van der Waals surface area contributed by atoms with Gasteiger partial charge in [-0.15, -0.1) is 0 Å². The number of rotatable bonds is 3. The van der Waals surface area contributed by atoms with E-state index in [9.17, 15) is 18.7 Å². The Hall–Kier alpha value is 0.210. The molecule has 8 heteroatoms. The number of carboxylic acids is 1. The van der Waals surface area contributed by atoms with Crippen molar-refractivity contribution in [3.63, 3.8) is 0 Å². The molecular formula is C8H11F2NaO5. The van der Waals surface area contributed by atoms with Gasteiger partial charge in [0.2, 0.25) is 0 Å². The van der Waals surface area contributed by atoms with Crippen LogP contribution < -0.4 is 34.7 Å². The van der Waals surface area contributed by atoms with Gasteiger partial charge in [-0.3, -0.25) is 0 Å². The first-order valence-corrected chi connectivity index (χ1v) is 4.26. The molecule has 2 unspecified atom stereocenters. The molecule has 0 aromatic rings. The normalized spacial score (nSPS) is 25.9. The molecule has 0 aromatic heterocycles. The predicted molar refractivity (Wildman–Crippen MR) is 40.9 cm³/mol. The molecule has 0 aromatic carbocycles. The monoisotopic (exact) mass is 248 g/mol. The Morgan fingerprint density at radius 1 is 1.62 bits per heavy atom. The van der Waals surface area contributed by atoms with Gasteiger partial charge in [0.05, 0.1) is 6.61 Å². The first-order valence-electron chi connectivity index (χ1n) is 4.26. The van der Waals surface area contributed by atoms with Crippen LogP contribution in [0.1, 0.15) is 13.8 Å². The molecule has 1 saturated heterocycles. The van der Waals surface area contributed by atoms with Crippen molar-refractivity contribution >= 4 is 5.97 Å². The van der Waals surface area contributed by atoms with Gasteiger partial charge >= 0.3 is 35.5 Å². The molecule has 88 valence electrons. The van der Waals surface area contributed by atoms with Gasteiger partial charge in [0.1, 0.15) is 12.1 Å². The van der Waals surface area contributed by atoms with E-state index in [1.807, 2.05) is 0 Å². The molecule has 0 bridgehead atoms. The van der Waals surface area contributed by atoms with Crippen LogP contribution in [0.2, 0.25) is 0 Å². The summed E-state index contributed by atoms with van der Waals surface area (Å²) < 4.78 is 35.4. The number of carbonyl (C=O) groups is 1. The van der Waals surface area contributed by atoms with Crippen LogP contribution in [0.25, 0.3) is 0 Å². The fraction of sp³-hybridized carbons (Fsp3) is 0.875. The minimum absolute atomic E-state index is 0. The maximum Gasteiger partial charge on any atom is 1.00 e. The molecule has 1 heterocycles. The Kier molecular flexibility index (Phi) is 5.31. The summed E-state index contributed by atoms with van der Waals surface area (Å²) in [5, 5.41) is 19.2. The molecule has 2 atom stereocenters. The Labute approximate surface area is 113 Å². The Balaban J connectivity index is 0.00000225. The second-order valence-corrected chi connectivity index (χ2v) is 3.72. The molecule has 0 amide bonds. The number of aliphatic hydroxyl groups excluding tert-OH is 1. The largest absolute Gasteiger partial charge is 1.00 e. The summed E-state index contributed by atoms with van der Waals surface area (Å²) >= 11 is 0. The number of carbonyl (C=O) groups excluding carboxylic acids is 1. The third-order valence-corrected chi connectivity index (χ3v) is 2.03. The minimum atomic E-state index is -4.35. The third kappa shape index (κ3) is 3.35. The van der Waals surface area contributed by atoms with E-state index in [0.717, 1.165) is 0 Å². The molecule has 1 aliphatic rings. The predicted octanol–water partition coefficient (Wildman–Crippen LogP) is -4.11. The Bertz CT molecular complexity index is 271. The fourth-order valence-corrected chi connectivity index (χ4v) is 1.23. The quantitative estimate of drug-likeness (QED) is 0.513. The van der Waals surface area contributed by atoms with Gasteiger partial charge in [0.15, 0.2) is 11.9 Å². The minimum Gasteiger partial charge on any atom is -0.544 e. The van der Waals surface area contributed by atoms with E-state index in [1.165, 1.54) is 13.8 Å². The van der Waals surface area contributed by atoms with Crippen LogP contribution in [0, 0.1) is 0 Å². The van der Waals surface area contributed by atoms with E-state index in [1.54, 1.807) is 0 Å². The summed E-state index contributed by atoms with van der Waals surface area (Å²) in [6.45, 7) is 2.64. The number of hydrogen-bond donors (Lipinski definition) is 1. The molecule has 5 nitrogen and oxygen atoms in total. The first kappa shape index (κ1) is 16.2. The summed E-state index contributed by atoms with van der Waals surface area (Å²) in [6.07, 6.45) is -3.86. The number of halogens is 2. The number of carboxylic acid groups (broad SMARTS) is 1. The zero-order valence-electron chi connectivity index (χ0n) is 9.20. The number of alkyl halides is 2. The Morgan fingerprint density at radius 2 is 2.12 bits per heavy atom. The van der Waals surface area contributed by atoms with Crippen LogP contribution in [-0.4, -0.2) is 41.6 Å². The average molecular weight is 248 g/mol. The van der Waals surface area contributed by atoms with Crippen molar-refractivity contribution < 1.29 is 62.8 Å². The van der Waals surface area contributed by atoms with E-state index < -0.39 is 29.9 Å². The van der Waals surface area contributed by atoms with Crippen molar-refractivity contribution in [1.29, 1.82) is 0 Å². The second-order valence-electron chi connectivity index (χ2n) is 3.72. The Morgan fingerprint density at radius 3 is 2.44 bits per heavy atom. The van der Waals surface area contributed by atoms with Crippen molar-refractivity contribution in [2.24, 2.45) is 0 Å². The standard InChI is InChI=1S/C8H12F2O5.Na/c1-7(2)14-3-4(15-7)5(11)8(9,10)6(12)13;/h4-5,11H,3H2,1-2H3,(H,12,13);/q;+1/p-1. The van der Waals surface area contributed by atoms with Crippen molar-refractivity contribution in [3.05, 3.63) is 0 Å². The molecule has 1 aliphatic heterocycles. The topological polar surface area (TPSA) is 78.8 Å². The van der Waals surface area contributed by atoms with Crippen LogP contribution in [-0.2, 0) is 14.3 Å². The molecule has 1 N–H and O–H groups in total.